The first-order valence-electron chi connectivity index (χ1n) is 10.7. The van der Waals surface area contributed by atoms with Crippen molar-refractivity contribution in [3.8, 4) is 23.0 Å². The Morgan fingerprint density at radius 3 is 2.76 bits per heavy atom. The number of hydrogen-bond donors (Lipinski definition) is 3. The number of carboxylic acid groups (broad SMARTS) is 1. The molecule has 1 amide bonds. The zero-order chi connectivity index (χ0) is 22.9. The summed E-state index contributed by atoms with van der Waals surface area (Å²) in [6.07, 6.45) is 5.49. The molecule has 0 bridgehead atoms. The van der Waals surface area contributed by atoms with Gasteiger partial charge in [0.05, 0.1) is 6.33 Å². The number of hydrogen-bond acceptors (Lipinski definition) is 8. The second-order valence-electron chi connectivity index (χ2n) is 8.20. The number of aryl methyl sites for hydroxylation is 1. The molecule has 1 aromatic carbocycles. The van der Waals surface area contributed by atoms with E-state index in [4.69, 9.17) is 25.3 Å². The first-order valence-corrected chi connectivity index (χ1v) is 12.3. The van der Waals surface area contributed by atoms with Gasteiger partial charge >= 0.3 is 6.09 Å². The monoisotopic (exact) mass is 534 g/mol. The van der Waals surface area contributed by atoms with Crippen molar-refractivity contribution in [1.82, 2.24) is 24.8 Å². The number of ether oxygens (including phenoxy) is 2. The lowest BCUT2D eigenvalue weighted by molar-refractivity contribution is 0.174. The van der Waals surface area contributed by atoms with Gasteiger partial charge in [-0.1, -0.05) is 0 Å². The van der Waals surface area contributed by atoms with Crippen LogP contribution in [0.25, 0.3) is 11.5 Å². The number of nitrogen functional groups attached to an aromatic ring is 1. The van der Waals surface area contributed by atoms with Gasteiger partial charge < -0.3 is 30.2 Å². The molecule has 5 rings (SSSR count). The second kappa shape index (κ2) is 9.26. The molecular formula is C21H23BrN6O4S. The number of halogens is 1. The van der Waals surface area contributed by atoms with E-state index in [1.165, 1.54) is 11.8 Å². The number of carbonyl (C=O) groups is 1. The largest absolute Gasteiger partial charge is 0.465 e. The summed E-state index contributed by atoms with van der Waals surface area (Å²) in [5, 5.41) is 12.1. The Hall–Kier alpha value is -2.73. The quantitative estimate of drug-likeness (QED) is 0.424. The summed E-state index contributed by atoms with van der Waals surface area (Å²) in [5.41, 5.74) is 6.68. The maximum atomic E-state index is 10.8. The molecule has 1 aliphatic carbocycles. The third-order valence-electron chi connectivity index (χ3n) is 6.05. The molecule has 1 fully saturated rings. The van der Waals surface area contributed by atoms with E-state index in [1.54, 1.807) is 6.33 Å². The van der Waals surface area contributed by atoms with Gasteiger partial charge in [-0.05, 0) is 77.8 Å². The third kappa shape index (κ3) is 4.81. The summed E-state index contributed by atoms with van der Waals surface area (Å²) in [6, 6.07) is 3.85. The number of anilines is 1. The van der Waals surface area contributed by atoms with Crippen LogP contribution in [0.2, 0.25) is 0 Å². The molecule has 33 heavy (non-hydrogen) atoms. The number of benzene rings is 1. The topological polar surface area (TPSA) is 137 Å². The van der Waals surface area contributed by atoms with Crippen molar-refractivity contribution >= 4 is 39.6 Å². The van der Waals surface area contributed by atoms with Gasteiger partial charge in [0.25, 0.3) is 0 Å². The Labute approximate surface area is 202 Å². The zero-order valence-corrected chi connectivity index (χ0v) is 20.1. The van der Waals surface area contributed by atoms with E-state index in [2.05, 4.69) is 31.2 Å². The average molecular weight is 535 g/mol. The molecule has 1 aromatic rings. The van der Waals surface area contributed by atoms with Gasteiger partial charge in [0, 0.05) is 22.0 Å². The first-order chi connectivity index (χ1) is 16.0. The van der Waals surface area contributed by atoms with Crippen LogP contribution in [0.1, 0.15) is 32.1 Å². The lowest BCUT2D eigenvalue weighted by Crippen LogP contribution is -2.36. The summed E-state index contributed by atoms with van der Waals surface area (Å²) in [7, 11) is 0. The van der Waals surface area contributed by atoms with Gasteiger partial charge in [-0.3, -0.25) is 0 Å². The maximum Gasteiger partial charge on any atom is 0.404 e. The lowest BCUT2D eigenvalue weighted by Gasteiger charge is -2.28. The summed E-state index contributed by atoms with van der Waals surface area (Å²) >= 11 is 4.99. The van der Waals surface area contributed by atoms with Crippen LogP contribution in [0, 0.1) is 5.92 Å². The normalized spacial score (nSPS) is 19.7. The molecular weight excluding hydrogens is 512 g/mol. The molecule has 0 spiro atoms. The van der Waals surface area contributed by atoms with Crippen molar-refractivity contribution in [3.63, 3.8) is 0 Å². The number of nitrogens with one attached hydrogen (secondary N) is 1. The molecule has 1 saturated carbocycles. The Balaban J connectivity index is 1.28. The van der Waals surface area contributed by atoms with Crippen LogP contribution in [0.3, 0.4) is 0 Å². The first kappa shape index (κ1) is 22.1. The third-order valence-corrected chi connectivity index (χ3v) is 7.89. The van der Waals surface area contributed by atoms with Crippen LogP contribution < -0.4 is 20.5 Å². The van der Waals surface area contributed by atoms with Crippen molar-refractivity contribution in [2.75, 3.05) is 12.5 Å². The highest BCUT2D eigenvalue weighted by atomic mass is 79.9. The number of amides is 1. The molecule has 0 unspecified atom stereocenters. The van der Waals surface area contributed by atoms with Crippen LogP contribution in [0.4, 0.5) is 10.6 Å². The minimum Gasteiger partial charge on any atom is -0.465 e. The zero-order valence-electron chi connectivity index (χ0n) is 17.7. The highest BCUT2D eigenvalue weighted by Crippen LogP contribution is 2.43. The highest BCUT2D eigenvalue weighted by Gasteiger charge is 2.25. The minimum absolute atomic E-state index is 0.0623. The molecule has 0 atom stereocenters. The fourth-order valence-electron chi connectivity index (χ4n) is 4.31. The van der Waals surface area contributed by atoms with Crippen LogP contribution in [0.5, 0.6) is 11.5 Å². The smallest absolute Gasteiger partial charge is 0.404 e. The van der Waals surface area contributed by atoms with E-state index < -0.39 is 6.09 Å². The standard InChI is InChI=1S/C21H23BrN6O4S/c22-13-7-14-15(32-10-31-14)8-16(13)33-20-26-17-18(23)24-9-28(19(17)27-20)6-5-11-1-3-12(4-2-11)25-21(29)30/h7-9,11-12,25H,1-6,10,23H2,(H,29,30)/t11-,12+. The molecule has 4 N–H and O–H groups in total. The van der Waals surface area contributed by atoms with Crippen LogP contribution in [0.15, 0.2) is 33.0 Å². The molecule has 10 nitrogen and oxygen atoms in total. The molecule has 0 aromatic heterocycles. The summed E-state index contributed by atoms with van der Waals surface area (Å²) in [4.78, 5) is 25.4. The van der Waals surface area contributed by atoms with Crippen LogP contribution >= 0.6 is 27.7 Å². The van der Waals surface area contributed by atoms with Crippen molar-refractivity contribution in [2.24, 2.45) is 5.92 Å². The highest BCUT2D eigenvalue weighted by molar-refractivity contribution is 9.10. The van der Waals surface area contributed by atoms with E-state index in [0.717, 1.165) is 48.0 Å². The van der Waals surface area contributed by atoms with Crippen molar-refractivity contribution in [2.45, 2.75) is 54.7 Å². The fourth-order valence-corrected chi connectivity index (χ4v) is 5.66. The summed E-state index contributed by atoms with van der Waals surface area (Å²) in [5.74, 6) is 3.01. The molecule has 174 valence electrons. The Morgan fingerprint density at radius 1 is 1.24 bits per heavy atom. The van der Waals surface area contributed by atoms with E-state index in [9.17, 15) is 4.79 Å². The molecule has 4 aliphatic rings. The van der Waals surface area contributed by atoms with Crippen molar-refractivity contribution < 1.29 is 19.4 Å². The molecule has 12 heteroatoms. The van der Waals surface area contributed by atoms with Crippen LogP contribution in [-0.4, -0.2) is 43.6 Å². The van der Waals surface area contributed by atoms with E-state index >= 15 is 0 Å². The number of nitrogens with zero attached hydrogens (tertiary/aromatic N) is 4. The van der Waals surface area contributed by atoms with E-state index in [0.29, 0.717) is 39.9 Å². The van der Waals surface area contributed by atoms with E-state index in [-0.39, 0.29) is 12.8 Å². The van der Waals surface area contributed by atoms with Gasteiger partial charge in [0.15, 0.2) is 34.0 Å². The lowest BCUT2D eigenvalue weighted by atomic mass is 9.84. The molecule has 0 saturated heterocycles. The number of aromatic nitrogens is 4. The number of fused-ring (bicyclic) bond motifs is 2. The fraction of sp³-hybridized carbons (Fsp3) is 0.429. The maximum absolute atomic E-state index is 10.8. The van der Waals surface area contributed by atoms with E-state index in [1.807, 2.05) is 16.7 Å². The predicted octanol–water partition coefficient (Wildman–Crippen LogP) is 4.22. The average Bonchev–Trinajstić information content (AvgIpc) is 3.41. The Bertz CT molecular complexity index is 1150. The van der Waals surface area contributed by atoms with Crippen LogP contribution in [-0.2, 0) is 6.54 Å². The SMILES string of the molecule is Nc1ncn(CC[C@H]2CC[C@@H](NC(=O)O)CC2)c2nc(Sc3cc4c(cc3Br)OCO4)nc1-2. The molecule has 3 heterocycles. The summed E-state index contributed by atoms with van der Waals surface area (Å²) < 4.78 is 13.8. The predicted molar refractivity (Wildman–Crippen MR) is 125 cm³/mol. The molecule has 0 radical (unpaired) electrons. The second-order valence-corrected chi connectivity index (χ2v) is 10.1. The molecule has 3 aliphatic heterocycles. The number of rotatable bonds is 6. The Morgan fingerprint density at radius 2 is 2.00 bits per heavy atom. The van der Waals surface area contributed by atoms with Crippen molar-refractivity contribution in [3.05, 3.63) is 22.9 Å². The van der Waals surface area contributed by atoms with Gasteiger partial charge in [0.2, 0.25) is 6.79 Å². The number of nitrogens with two attached hydrogens (primary N) is 1. The van der Waals surface area contributed by atoms with Gasteiger partial charge in [-0.15, -0.1) is 0 Å². The van der Waals surface area contributed by atoms with Gasteiger partial charge in [-0.2, -0.15) is 0 Å². The van der Waals surface area contributed by atoms with Gasteiger partial charge in [-0.25, -0.2) is 19.7 Å². The summed E-state index contributed by atoms with van der Waals surface area (Å²) in [6.45, 7) is 0.967. The minimum atomic E-state index is -0.944. The number of imidazole rings is 1. The Kier molecular flexibility index (Phi) is 6.19. The van der Waals surface area contributed by atoms with Crippen molar-refractivity contribution in [1.29, 1.82) is 0 Å². The van der Waals surface area contributed by atoms with Gasteiger partial charge in [0.1, 0.15) is 0 Å².